The van der Waals surface area contributed by atoms with E-state index in [4.69, 9.17) is 4.74 Å². The van der Waals surface area contributed by atoms with Crippen LogP contribution in [0, 0.1) is 0 Å². The molecule has 2 nitrogen and oxygen atoms in total. The Kier molecular flexibility index (Phi) is 5.83. The zero-order valence-electron chi connectivity index (χ0n) is 12.4. The quantitative estimate of drug-likeness (QED) is 0.833. The second-order valence-corrected chi connectivity index (χ2v) is 5.84. The Morgan fingerprint density at radius 2 is 1.78 bits per heavy atom. The highest BCUT2D eigenvalue weighted by atomic mass is 16.5. The monoisotopic (exact) mass is 249 g/mol. The maximum atomic E-state index is 5.48. The van der Waals surface area contributed by atoms with Crippen LogP contribution in [-0.4, -0.2) is 19.3 Å². The topological polar surface area (TPSA) is 21.3 Å². The molecule has 102 valence electrons. The Morgan fingerprint density at radius 3 is 2.28 bits per heavy atom. The molecule has 1 rings (SSSR count). The van der Waals surface area contributed by atoms with Gasteiger partial charge in [-0.25, -0.2) is 0 Å². The van der Waals surface area contributed by atoms with Crippen LogP contribution >= 0.6 is 0 Å². The van der Waals surface area contributed by atoms with Gasteiger partial charge in [-0.05, 0) is 30.4 Å². The van der Waals surface area contributed by atoms with Gasteiger partial charge in [0.15, 0.2) is 0 Å². The smallest absolute Gasteiger partial charge is 0.0671 e. The molecule has 0 bridgehead atoms. The lowest BCUT2D eigenvalue weighted by Crippen LogP contribution is -2.26. The van der Waals surface area contributed by atoms with Gasteiger partial charge in [0.05, 0.1) is 6.10 Å². The van der Waals surface area contributed by atoms with Crippen molar-refractivity contribution < 1.29 is 4.74 Å². The molecule has 1 atom stereocenters. The summed E-state index contributed by atoms with van der Waals surface area (Å²) in [6.07, 6.45) is 0.281. The summed E-state index contributed by atoms with van der Waals surface area (Å²) in [7, 11) is 0. The van der Waals surface area contributed by atoms with Gasteiger partial charge >= 0.3 is 0 Å². The molecule has 0 aliphatic carbocycles. The molecule has 1 aromatic carbocycles. The van der Waals surface area contributed by atoms with E-state index in [2.05, 4.69) is 57.3 Å². The molecule has 2 heteroatoms. The molecule has 0 fully saturated rings. The van der Waals surface area contributed by atoms with Crippen LogP contribution in [0.2, 0.25) is 0 Å². The van der Waals surface area contributed by atoms with Gasteiger partial charge in [0.25, 0.3) is 0 Å². The van der Waals surface area contributed by atoms with Crippen molar-refractivity contribution in [3.8, 4) is 0 Å². The van der Waals surface area contributed by atoms with Gasteiger partial charge in [0, 0.05) is 19.7 Å². The maximum Gasteiger partial charge on any atom is 0.0671 e. The van der Waals surface area contributed by atoms with Crippen LogP contribution in [0.25, 0.3) is 0 Å². The predicted molar refractivity (Wildman–Crippen MR) is 77.9 cm³/mol. The van der Waals surface area contributed by atoms with Crippen molar-refractivity contribution in [3.05, 3.63) is 35.4 Å². The second kappa shape index (κ2) is 6.91. The van der Waals surface area contributed by atoms with Crippen molar-refractivity contribution in [1.29, 1.82) is 0 Å². The normalized spacial score (nSPS) is 13.6. The Hall–Kier alpha value is -0.860. The minimum Gasteiger partial charge on any atom is -0.377 e. The van der Waals surface area contributed by atoms with E-state index in [-0.39, 0.29) is 11.5 Å². The minimum atomic E-state index is 0.232. The summed E-state index contributed by atoms with van der Waals surface area (Å²) >= 11 is 0. The summed E-state index contributed by atoms with van der Waals surface area (Å²) in [5, 5.41) is 3.42. The van der Waals surface area contributed by atoms with E-state index in [9.17, 15) is 0 Å². The van der Waals surface area contributed by atoms with E-state index in [0.29, 0.717) is 0 Å². The number of ether oxygens (including phenoxy) is 1. The molecular weight excluding hydrogens is 222 g/mol. The van der Waals surface area contributed by atoms with Crippen LogP contribution < -0.4 is 5.32 Å². The molecule has 18 heavy (non-hydrogen) atoms. The van der Waals surface area contributed by atoms with Gasteiger partial charge in [-0.1, -0.05) is 45.0 Å². The van der Waals surface area contributed by atoms with Crippen LogP contribution in [0.4, 0.5) is 0 Å². The summed E-state index contributed by atoms with van der Waals surface area (Å²) in [6.45, 7) is 13.4. The van der Waals surface area contributed by atoms with E-state index in [0.717, 1.165) is 19.7 Å². The molecule has 1 N–H and O–H groups in total. The van der Waals surface area contributed by atoms with Crippen molar-refractivity contribution in [3.63, 3.8) is 0 Å². The summed E-state index contributed by atoms with van der Waals surface area (Å²) in [5.74, 6) is 0. The molecule has 0 saturated heterocycles. The fourth-order valence-electron chi connectivity index (χ4n) is 1.89. The second-order valence-electron chi connectivity index (χ2n) is 5.84. The molecule has 1 unspecified atom stereocenters. The molecule has 0 saturated carbocycles. The third-order valence-corrected chi connectivity index (χ3v) is 3.03. The SMILES string of the molecule is CCOC(C)CNCc1ccc(C(C)(C)C)cc1. The first kappa shape index (κ1) is 15.2. The molecule has 0 radical (unpaired) electrons. The van der Waals surface area contributed by atoms with Crippen molar-refractivity contribution in [2.45, 2.75) is 52.7 Å². The average Bonchev–Trinajstić information content (AvgIpc) is 2.29. The van der Waals surface area contributed by atoms with E-state index in [1.807, 2.05) is 6.92 Å². The van der Waals surface area contributed by atoms with Gasteiger partial charge in [-0.15, -0.1) is 0 Å². The maximum absolute atomic E-state index is 5.48. The molecule has 0 heterocycles. The van der Waals surface area contributed by atoms with Crippen LogP contribution in [0.3, 0.4) is 0 Å². The number of benzene rings is 1. The molecule has 0 amide bonds. The fourth-order valence-corrected chi connectivity index (χ4v) is 1.89. The molecule has 0 aliphatic rings. The summed E-state index contributed by atoms with van der Waals surface area (Å²) < 4.78 is 5.48. The highest BCUT2D eigenvalue weighted by Crippen LogP contribution is 2.22. The van der Waals surface area contributed by atoms with E-state index in [1.54, 1.807) is 0 Å². The lowest BCUT2D eigenvalue weighted by molar-refractivity contribution is 0.0759. The van der Waals surface area contributed by atoms with Crippen LogP contribution in [-0.2, 0) is 16.7 Å². The predicted octanol–water partition coefficient (Wildman–Crippen LogP) is 3.50. The first-order valence-corrected chi connectivity index (χ1v) is 6.85. The zero-order valence-corrected chi connectivity index (χ0v) is 12.4. The minimum absolute atomic E-state index is 0.232. The van der Waals surface area contributed by atoms with Crippen molar-refractivity contribution in [2.24, 2.45) is 0 Å². The number of nitrogens with one attached hydrogen (secondary N) is 1. The van der Waals surface area contributed by atoms with Crippen molar-refractivity contribution in [2.75, 3.05) is 13.2 Å². The number of hydrogen-bond donors (Lipinski definition) is 1. The Balaban J connectivity index is 2.40. The molecular formula is C16H27NO. The van der Waals surface area contributed by atoms with E-state index in [1.165, 1.54) is 11.1 Å². The zero-order chi connectivity index (χ0) is 13.6. The van der Waals surface area contributed by atoms with E-state index >= 15 is 0 Å². The molecule has 0 spiro atoms. The van der Waals surface area contributed by atoms with Crippen LogP contribution in [0.15, 0.2) is 24.3 Å². The average molecular weight is 249 g/mol. The molecule has 1 aromatic rings. The van der Waals surface area contributed by atoms with Crippen molar-refractivity contribution in [1.82, 2.24) is 5.32 Å². The Bertz CT molecular complexity index is 337. The van der Waals surface area contributed by atoms with Gasteiger partial charge < -0.3 is 10.1 Å². The summed E-state index contributed by atoms with van der Waals surface area (Å²) in [5.41, 5.74) is 2.94. The largest absolute Gasteiger partial charge is 0.377 e. The van der Waals surface area contributed by atoms with Gasteiger partial charge in [-0.3, -0.25) is 0 Å². The fraction of sp³-hybridized carbons (Fsp3) is 0.625. The Morgan fingerprint density at radius 1 is 1.17 bits per heavy atom. The van der Waals surface area contributed by atoms with Crippen LogP contribution in [0.5, 0.6) is 0 Å². The highest BCUT2D eigenvalue weighted by molar-refractivity contribution is 5.27. The summed E-state index contributed by atoms with van der Waals surface area (Å²) in [4.78, 5) is 0. The number of hydrogen-bond acceptors (Lipinski definition) is 2. The molecule has 0 aliphatic heterocycles. The first-order valence-electron chi connectivity index (χ1n) is 6.85. The third kappa shape index (κ3) is 5.19. The van der Waals surface area contributed by atoms with Gasteiger partial charge in [0.1, 0.15) is 0 Å². The lowest BCUT2D eigenvalue weighted by Gasteiger charge is -2.19. The summed E-state index contributed by atoms with van der Waals surface area (Å²) in [6, 6.07) is 8.86. The highest BCUT2D eigenvalue weighted by Gasteiger charge is 2.12. The van der Waals surface area contributed by atoms with Crippen molar-refractivity contribution >= 4 is 0 Å². The van der Waals surface area contributed by atoms with E-state index < -0.39 is 0 Å². The standard InChI is InChI=1S/C16H27NO/c1-6-18-13(2)11-17-12-14-7-9-15(10-8-14)16(3,4)5/h7-10,13,17H,6,11-12H2,1-5H3. The van der Waals surface area contributed by atoms with Crippen LogP contribution in [0.1, 0.15) is 45.7 Å². The number of rotatable bonds is 6. The lowest BCUT2D eigenvalue weighted by atomic mass is 9.87. The Labute approximate surface area is 112 Å². The molecule has 0 aromatic heterocycles. The third-order valence-electron chi connectivity index (χ3n) is 3.03. The first-order chi connectivity index (χ1) is 8.43. The van der Waals surface area contributed by atoms with Gasteiger partial charge in [-0.2, -0.15) is 0 Å². The van der Waals surface area contributed by atoms with Gasteiger partial charge in [0.2, 0.25) is 0 Å².